The van der Waals surface area contributed by atoms with Gasteiger partial charge in [0, 0.05) is 30.9 Å². The topological polar surface area (TPSA) is 13.1 Å². The van der Waals surface area contributed by atoms with E-state index in [1.54, 1.807) is 0 Å². The van der Waals surface area contributed by atoms with Crippen LogP contribution in [0.1, 0.15) is 0 Å². The normalized spacial score (nSPS) is 11.7. The third kappa shape index (κ3) is 3.46. The number of hydrogen-bond donors (Lipinski definition) is 0. The maximum Gasteiger partial charge on any atom is 0.136 e. The van der Waals surface area contributed by atoms with Crippen LogP contribution in [-0.4, -0.2) is 0 Å². The zero-order valence-corrected chi connectivity index (χ0v) is 21.3. The van der Waals surface area contributed by atoms with E-state index < -0.39 is 0 Å². The Labute approximate surface area is 224 Å². The summed E-state index contributed by atoms with van der Waals surface area (Å²) in [5.74, 6) is 0. The van der Waals surface area contributed by atoms with Gasteiger partial charge in [-0.05, 0) is 81.9 Å². The SMILES string of the molecule is c1ccc(-c2cc(-c3ccc4c(c3)oc3ccccc34)cc(-c3ccc4c(c3)sc3ccccc34)c2)cc1. The first-order chi connectivity index (χ1) is 18.8. The van der Waals surface area contributed by atoms with Crippen LogP contribution in [0.2, 0.25) is 0 Å². The molecule has 6 aromatic carbocycles. The van der Waals surface area contributed by atoms with Crippen molar-refractivity contribution in [2.45, 2.75) is 0 Å². The van der Waals surface area contributed by atoms with E-state index >= 15 is 0 Å². The lowest BCUT2D eigenvalue weighted by molar-refractivity contribution is 0.669. The molecule has 8 aromatic rings. The Morgan fingerprint density at radius 2 is 0.921 bits per heavy atom. The van der Waals surface area contributed by atoms with Crippen LogP contribution < -0.4 is 0 Å². The van der Waals surface area contributed by atoms with Crippen molar-refractivity contribution in [1.29, 1.82) is 0 Å². The number of hydrogen-bond acceptors (Lipinski definition) is 2. The molecule has 0 radical (unpaired) electrons. The Bertz CT molecular complexity index is 2000. The van der Waals surface area contributed by atoms with E-state index in [9.17, 15) is 0 Å². The molecule has 0 aliphatic heterocycles. The van der Waals surface area contributed by atoms with E-state index in [4.69, 9.17) is 4.42 Å². The Morgan fingerprint density at radius 1 is 0.342 bits per heavy atom. The van der Waals surface area contributed by atoms with Gasteiger partial charge in [0.05, 0.1) is 0 Å². The standard InChI is InChI=1S/C36H22OS/c1-2-8-23(9-3-1)26-18-27(24-14-16-30-29-10-4-6-12-33(29)37-34(30)21-24)20-28(19-26)25-15-17-32-31-11-5-7-13-35(31)38-36(32)22-25/h1-22H. The minimum atomic E-state index is 0.919. The van der Waals surface area contributed by atoms with Gasteiger partial charge in [0.2, 0.25) is 0 Å². The van der Waals surface area contributed by atoms with Crippen LogP contribution in [0.3, 0.4) is 0 Å². The van der Waals surface area contributed by atoms with E-state index in [2.05, 4.69) is 121 Å². The second-order valence-electron chi connectivity index (χ2n) is 9.78. The fourth-order valence-corrected chi connectivity index (χ4v) is 6.71. The van der Waals surface area contributed by atoms with Crippen LogP contribution in [-0.2, 0) is 0 Å². The highest BCUT2D eigenvalue weighted by Crippen LogP contribution is 2.39. The van der Waals surface area contributed by atoms with Gasteiger partial charge in [-0.2, -0.15) is 0 Å². The molecule has 0 atom stereocenters. The molecule has 38 heavy (non-hydrogen) atoms. The molecule has 0 fully saturated rings. The number of benzene rings is 6. The van der Waals surface area contributed by atoms with Crippen LogP contribution >= 0.6 is 11.3 Å². The molecule has 2 aromatic heterocycles. The van der Waals surface area contributed by atoms with Crippen LogP contribution in [0, 0.1) is 0 Å². The predicted molar refractivity (Wildman–Crippen MR) is 163 cm³/mol. The van der Waals surface area contributed by atoms with Gasteiger partial charge in [0.15, 0.2) is 0 Å². The van der Waals surface area contributed by atoms with Crippen LogP contribution in [0.25, 0.3) is 75.5 Å². The summed E-state index contributed by atoms with van der Waals surface area (Å²) >= 11 is 1.86. The Morgan fingerprint density at radius 3 is 1.74 bits per heavy atom. The average molecular weight is 503 g/mol. The molecule has 8 rings (SSSR count). The summed E-state index contributed by atoms with van der Waals surface area (Å²) in [4.78, 5) is 0. The number of furan rings is 1. The van der Waals surface area contributed by atoms with Gasteiger partial charge in [0.25, 0.3) is 0 Å². The molecular formula is C36H22OS. The first-order valence-corrected chi connectivity index (χ1v) is 13.7. The third-order valence-corrected chi connectivity index (χ3v) is 8.60. The molecule has 0 amide bonds. The summed E-state index contributed by atoms with van der Waals surface area (Å²) in [5.41, 5.74) is 9.04. The van der Waals surface area contributed by atoms with Crippen LogP contribution in [0.5, 0.6) is 0 Å². The van der Waals surface area contributed by atoms with Gasteiger partial charge in [-0.1, -0.05) is 84.9 Å². The Hall–Kier alpha value is -4.66. The van der Waals surface area contributed by atoms with E-state index in [1.807, 2.05) is 23.5 Å². The van der Waals surface area contributed by atoms with Crippen molar-refractivity contribution in [2.75, 3.05) is 0 Å². The summed E-state index contributed by atoms with van der Waals surface area (Å²) in [6.07, 6.45) is 0. The predicted octanol–water partition coefficient (Wildman–Crippen LogP) is 11.0. The molecule has 178 valence electrons. The van der Waals surface area contributed by atoms with Gasteiger partial charge < -0.3 is 4.42 Å². The van der Waals surface area contributed by atoms with Gasteiger partial charge in [-0.15, -0.1) is 11.3 Å². The lowest BCUT2D eigenvalue weighted by Crippen LogP contribution is -1.86. The number of fused-ring (bicyclic) bond motifs is 6. The molecular weight excluding hydrogens is 480 g/mol. The summed E-state index contributed by atoms with van der Waals surface area (Å²) < 4.78 is 8.87. The Kier molecular flexibility index (Phi) is 4.76. The quantitative estimate of drug-likeness (QED) is 0.234. The van der Waals surface area contributed by atoms with Crippen molar-refractivity contribution >= 4 is 53.4 Å². The van der Waals surface area contributed by atoms with E-state index in [0.717, 1.165) is 27.5 Å². The maximum atomic E-state index is 6.22. The van der Waals surface area contributed by atoms with E-state index in [0.29, 0.717) is 0 Å². The zero-order valence-electron chi connectivity index (χ0n) is 20.5. The highest BCUT2D eigenvalue weighted by atomic mass is 32.1. The summed E-state index contributed by atoms with van der Waals surface area (Å²) in [7, 11) is 0. The fraction of sp³-hybridized carbons (Fsp3) is 0. The van der Waals surface area contributed by atoms with Crippen molar-refractivity contribution in [1.82, 2.24) is 0 Å². The monoisotopic (exact) mass is 502 g/mol. The fourth-order valence-electron chi connectivity index (χ4n) is 5.57. The largest absolute Gasteiger partial charge is 0.456 e. The van der Waals surface area contributed by atoms with E-state index in [1.165, 1.54) is 48.0 Å². The summed E-state index contributed by atoms with van der Waals surface area (Å²) in [5, 5.41) is 4.96. The lowest BCUT2D eigenvalue weighted by atomic mass is 9.93. The summed E-state index contributed by atoms with van der Waals surface area (Å²) in [6.45, 7) is 0. The van der Waals surface area contributed by atoms with Crippen molar-refractivity contribution in [3.63, 3.8) is 0 Å². The van der Waals surface area contributed by atoms with Gasteiger partial charge in [0.1, 0.15) is 11.2 Å². The van der Waals surface area contributed by atoms with Crippen molar-refractivity contribution < 1.29 is 4.42 Å². The minimum Gasteiger partial charge on any atom is -0.456 e. The number of thiophene rings is 1. The molecule has 0 N–H and O–H groups in total. The van der Waals surface area contributed by atoms with Crippen molar-refractivity contribution in [2.24, 2.45) is 0 Å². The van der Waals surface area contributed by atoms with Gasteiger partial charge in [-0.25, -0.2) is 0 Å². The number of rotatable bonds is 3. The number of para-hydroxylation sites is 1. The molecule has 0 spiro atoms. The highest BCUT2D eigenvalue weighted by molar-refractivity contribution is 7.25. The molecule has 0 bridgehead atoms. The van der Waals surface area contributed by atoms with Gasteiger partial charge in [-0.3, -0.25) is 0 Å². The summed E-state index contributed by atoms with van der Waals surface area (Å²) in [6, 6.07) is 47.9. The molecule has 0 aliphatic carbocycles. The van der Waals surface area contributed by atoms with Crippen molar-refractivity contribution in [3.8, 4) is 33.4 Å². The molecule has 0 saturated heterocycles. The van der Waals surface area contributed by atoms with Crippen molar-refractivity contribution in [3.05, 3.63) is 133 Å². The lowest BCUT2D eigenvalue weighted by Gasteiger charge is -2.12. The third-order valence-electron chi connectivity index (χ3n) is 7.46. The first-order valence-electron chi connectivity index (χ1n) is 12.8. The second kappa shape index (κ2) is 8.44. The molecule has 0 aliphatic rings. The second-order valence-corrected chi connectivity index (χ2v) is 10.9. The molecule has 0 unspecified atom stereocenters. The molecule has 1 nitrogen and oxygen atoms in total. The molecule has 2 heteroatoms. The maximum absolute atomic E-state index is 6.22. The van der Waals surface area contributed by atoms with Gasteiger partial charge >= 0.3 is 0 Å². The minimum absolute atomic E-state index is 0.919. The van der Waals surface area contributed by atoms with E-state index in [-0.39, 0.29) is 0 Å². The molecule has 0 saturated carbocycles. The first kappa shape index (κ1) is 21.4. The smallest absolute Gasteiger partial charge is 0.136 e. The van der Waals surface area contributed by atoms with Crippen LogP contribution in [0.4, 0.5) is 0 Å². The average Bonchev–Trinajstić information content (AvgIpc) is 3.54. The Balaban J connectivity index is 1.33. The highest BCUT2D eigenvalue weighted by Gasteiger charge is 2.12. The molecule has 2 heterocycles. The van der Waals surface area contributed by atoms with Crippen LogP contribution in [0.15, 0.2) is 138 Å². The zero-order chi connectivity index (χ0) is 25.1.